The SMILES string of the molecule is Oc1[nH]ccc1Cc1ccccc1. The van der Waals surface area contributed by atoms with Crippen molar-refractivity contribution in [2.45, 2.75) is 6.42 Å². The summed E-state index contributed by atoms with van der Waals surface area (Å²) in [6.45, 7) is 0. The third-order valence-corrected chi connectivity index (χ3v) is 2.05. The molecule has 0 fully saturated rings. The Labute approximate surface area is 76.9 Å². The maximum absolute atomic E-state index is 9.36. The lowest BCUT2D eigenvalue weighted by atomic mass is 10.1. The molecule has 0 spiro atoms. The minimum absolute atomic E-state index is 0.267. The summed E-state index contributed by atoms with van der Waals surface area (Å²) in [4.78, 5) is 2.74. The standard InChI is InChI=1S/C11H11NO/c13-11-10(6-7-12-11)8-9-4-2-1-3-5-9/h1-7,12-13H,8H2. The first kappa shape index (κ1) is 7.92. The van der Waals surface area contributed by atoms with Crippen molar-refractivity contribution in [1.29, 1.82) is 0 Å². The quantitative estimate of drug-likeness (QED) is 0.718. The number of aromatic hydroxyl groups is 1. The van der Waals surface area contributed by atoms with Gasteiger partial charge < -0.3 is 10.1 Å². The molecule has 2 nitrogen and oxygen atoms in total. The molecule has 0 aliphatic rings. The van der Waals surface area contributed by atoms with E-state index in [0.29, 0.717) is 0 Å². The van der Waals surface area contributed by atoms with Gasteiger partial charge in [0.2, 0.25) is 0 Å². The Kier molecular flexibility index (Phi) is 2.04. The van der Waals surface area contributed by atoms with Crippen molar-refractivity contribution in [1.82, 2.24) is 4.98 Å². The summed E-state index contributed by atoms with van der Waals surface area (Å²) in [5.74, 6) is 0.267. The lowest BCUT2D eigenvalue weighted by molar-refractivity contribution is 0.451. The van der Waals surface area contributed by atoms with Gasteiger partial charge in [0.25, 0.3) is 0 Å². The predicted molar refractivity (Wildman–Crippen MR) is 51.7 cm³/mol. The highest BCUT2D eigenvalue weighted by molar-refractivity contribution is 5.31. The average Bonchev–Trinajstić information content (AvgIpc) is 2.54. The van der Waals surface area contributed by atoms with Crippen molar-refractivity contribution in [3.63, 3.8) is 0 Å². The van der Waals surface area contributed by atoms with Crippen LogP contribution in [0.3, 0.4) is 0 Å². The van der Waals surface area contributed by atoms with Crippen molar-refractivity contribution >= 4 is 0 Å². The van der Waals surface area contributed by atoms with Gasteiger partial charge >= 0.3 is 0 Å². The molecule has 0 aliphatic carbocycles. The van der Waals surface area contributed by atoms with E-state index in [4.69, 9.17) is 0 Å². The topological polar surface area (TPSA) is 36.0 Å². The van der Waals surface area contributed by atoms with Gasteiger partial charge in [0.05, 0.1) is 0 Å². The number of aromatic amines is 1. The number of H-pyrrole nitrogens is 1. The van der Waals surface area contributed by atoms with Crippen LogP contribution < -0.4 is 0 Å². The summed E-state index contributed by atoms with van der Waals surface area (Å²) in [5, 5.41) is 9.36. The molecule has 2 N–H and O–H groups in total. The fourth-order valence-corrected chi connectivity index (χ4v) is 1.35. The second-order valence-corrected chi connectivity index (χ2v) is 3.01. The van der Waals surface area contributed by atoms with Crippen LogP contribution in [0.2, 0.25) is 0 Å². The van der Waals surface area contributed by atoms with Crippen LogP contribution in [0.5, 0.6) is 5.88 Å². The van der Waals surface area contributed by atoms with E-state index < -0.39 is 0 Å². The molecular weight excluding hydrogens is 162 g/mol. The third kappa shape index (κ3) is 1.72. The maximum Gasteiger partial charge on any atom is 0.191 e. The maximum atomic E-state index is 9.36. The van der Waals surface area contributed by atoms with Crippen LogP contribution >= 0.6 is 0 Å². The Morgan fingerprint density at radius 2 is 1.85 bits per heavy atom. The lowest BCUT2D eigenvalue weighted by Gasteiger charge is -1.98. The molecule has 0 atom stereocenters. The zero-order valence-electron chi connectivity index (χ0n) is 7.20. The predicted octanol–water partition coefficient (Wildman–Crippen LogP) is 2.31. The molecule has 0 saturated carbocycles. The molecule has 0 bridgehead atoms. The minimum atomic E-state index is 0.267. The number of rotatable bonds is 2. The highest BCUT2D eigenvalue weighted by Gasteiger charge is 2.01. The van der Waals surface area contributed by atoms with Crippen LogP contribution in [0.1, 0.15) is 11.1 Å². The van der Waals surface area contributed by atoms with Crippen molar-refractivity contribution in [2.24, 2.45) is 0 Å². The number of hydrogen-bond donors (Lipinski definition) is 2. The van der Waals surface area contributed by atoms with Crippen LogP contribution in [-0.4, -0.2) is 10.1 Å². The monoisotopic (exact) mass is 173 g/mol. The van der Waals surface area contributed by atoms with Gasteiger partial charge in [0, 0.05) is 18.2 Å². The van der Waals surface area contributed by atoms with Crippen molar-refractivity contribution in [2.75, 3.05) is 0 Å². The molecule has 0 aliphatic heterocycles. The zero-order valence-corrected chi connectivity index (χ0v) is 7.20. The van der Waals surface area contributed by atoms with Gasteiger partial charge in [-0.3, -0.25) is 0 Å². The highest BCUT2D eigenvalue weighted by atomic mass is 16.3. The van der Waals surface area contributed by atoms with Crippen LogP contribution in [0.25, 0.3) is 0 Å². The largest absolute Gasteiger partial charge is 0.494 e. The second kappa shape index (κ2) is 3.35. The first-order valence-corrected chi connectivity index (χ1v) is 4.25. The smallest absolute Gasteiger partial charge is 0.191 e. The summed E-state index contributed by atoms with van der Waals surface area (Å²) in [6, 6.07) is 12.0. The summed E-state index contributed by atoms with van der Waals surface area (Å²) < 4.78 is 0. The van der Waals surface area contributed by atoms with Gasteiger partial charge in [0.1, 0.15) is 0 Å². The molecule has 2 aromatic rings. The van der Waals surface area contributed by atoms with Crippen molar-refractivity contribution < 1.29 is 5.11 Å². The molecule has 13 heavy (non-hydrogen) atoms. The summed E-state index contributed by atoms with van der Waals surface area (Å²) >= 11 is 0. The van der Waals surface area contributed by atoms with Gasteiger partial charge in [0.15, 0.2) is 5.88 Å². The van der Waals surface area contributed by atoms with E-state index in [2.05, 4.69) is 4.98 Å². The summed E-state index contributed by atoms with van der Waals surface area (Å²) in [6.07, 6.45) is 2.52. The van der Waals surface area contributed by atoms with Gasteiger partial charge in [-0.05, 0) is 11.6 Å². The summed E-state index contributed by atoms with van der Waals surface area (Å²) in [7, 11) is 0. The van der Waals surface area contributed by atoms with E-state index in [0.717, 1.165) is 12.0 Å². The number of benzene rings is 1. The number of aromatic nitrogens is 1. The fraction of sp³-hybridized carbons (Fsp3) is 0.0909. The molecule has 0 amide bonds. The molecular formula is C11H11NO. The Hall–Kier alpha value is -1.70. The first-order valence-electron chi connectivity index (χ1n) is 4.25. The lowest BCUT2D eigenvalue weighted by Crippen LogP contribution is -1.84. The van der Waals surface area contributed by atoms with Gasteiger partial charge in [-0.1, -0.05) is 30.3 Å². The first-order chi connectivity index (χ1) is 6.36. The van der Waals surface area contributed by atoms with Crippen LogP contribution in [0.4, 0.5) is 0 Å². The highest BCUT2D eigenvalue weighted by Crippen LogP contribution is 2.17. The zero-order chi connectivity index (χ0) is 9.10. The Morgan fingerprint density at radius 1 is 1.08 bits per heavy atom. The molecule has 0 radical (unpaired) electrons. The molecule has 66 valence electrons. The minimum Gasteiger partial charge on any atom is -0.494 e. The number of nitrogens with one attached hydrogen (secondary N) is 1. The van der Waals surface area contributed by atoms with E-state index in [-0.39, 0.29) is 5.88 Å². The normalized spacial score (nSPS) is 10.2. The Morgan fingerprint density at radius 3 is 2.46 bits per heavy atom. The Bertz CT molecular complexity index is 378. The van der Waals surface area contributed by atoms with Gasteiger partial charge in [-0.25, -0.2) is 0 Å². The molecule has 2 rings (SSSR count). The van der Waals surface area contributed by atoms with Gasteiger partial charge in [-0.2, -0.15) is 0 Å². The average molecular weight is 173 g/mol. The van der Waals surface area contributed by atoms with Crippen LogP contribution in [-0.2, 0) is 6.42 Å². The van der Waals surface area contributed by atoms with Crippen molar-refractivity contribution in [3.05, 3.63) is 53.7 Å². The van der Waals surface area contributed by atoms with E-state index in [1.165, 1.54) is 5.56 Å². The molecule has 1 aromatic carbocycles. The van der Waals surface area contributed by atoms with E-state index >= 15 is 0 Å². The van der Waals surface area contributed by atoms with E-state index in [9.17, 15) is 5.11 Å². The molecule has 2 heteroatoms. The fourth-order valence-electron chi connectivity index (χ4n) is 1.35. The van der Waals surface area contributed by atoms with Crippen LogP contribution in [0, 0.1) is 0 Å². The molecule has 1 aromatic heterocycles. The molecule has 1 heterocycles. The summed E-state index contributed by atoms with van der Waals surface area (Å²) in [5.41, 5.74) is 2.14. The van der Waals surface area contributed by atoms with Crippen molar-refractivity contribution in [3.8, 4) is 5.88 Å². The van der Waals surface area contributed by atoms with E-state index in [1.54, 1.807) is 6.20 Å². The second-order valence-electron chi connectivity index (χ2n) is 3.01. The van der Waals surface area contributed by atoms with Gasteiger partial charge in [-0.15, -0.1) is 0 Å². The molecule has 0 unspecified atom stereocenters. The number of hydrogen-bond acceptors (Lipinski definition) is 1. The Balaban J connectivity index is 2.20. The van der Waals surface area contributed by atoms with E-state index in [1.807, 2.05) is 36.4 Å². The third-order valence-electron chi connectivity index (χ3n) is 2.05. The van der Waals surface area contributed by atoms with Crippen LogP contribution in [0.15, 0.2) is 42.6 Å². The molecule has 0 saturated heterocycles.